The summed E-state index contributed by atoms with van der Waals surface area (Å²) < 4.78 is 5.72. The van der Waals surface area contributed by atoms with Gasteiger partial charge in [0.15, 0.2) is 0 Å². The summed E-state index contributed by atoms with van der Waals surface area (Å²) in [5, 5.41) is 21.7. The maximum absolute atomic E-state index is 12.3. The molecule has 0 aliphatic rings. The maximum atomic E-state index is 12.3. The molecule has 144 valence electrons. The fourth-order valence-corrected chi connectivity index (χ4v) is 2.74. The Morgan fingerprint density at radius 3 is 2.52 bits per heavy atom. The van der Waals surface area contributed by atoms with Crippen molar-refractivity contribution in [1.82, 2.24) is 0 Å². The molecular weight excluding hydrogens is 392 g/mol. The first-order valence-corrected chi connectivity index (χ1v) is 8.88. The molecule has 7 heteroatoms. The van der Waals surface area contributed by atoms with Crippen molar-refractivity contribution in [2.45, 2.75) is 6.92 Å². The lowest BCUT2D eigenvalue weighted by Gasteiger charge is -2.05. The van der Waals surface area contributed by atoms with Gasteiger partial charge in [0.05, 0.1) is 5.56 Å². The van der Waals surface area contributed by atoms with E-state index in [1.165, 1.54) is 18.2 Å². The van der Waals surface area contributed by atoms with Crippen LogP contribution < -0.4 is 5.32 Å². The van der Waals surface area contributed by atoms with E-state index in [1.54, 1.807) is 42.5 Å². The number of furan rings is 1. The number of nitrogens with zero attached hydrogens (tertiary/aromatic N) is 1. The van der Waals surface area contributed by atoms with Crippen LogP contribution in [0.3, 0.4) is 0 Å². The summed E-state index contributed by atoms with van der Waals surface area (Å²) in [5.41, 5.74) is 1.95. The largest absolute Gasteiger partial charge is 0.478 e. The summed E-state index contributed by atoms with van der Waals surface area (Å²) in [4.78, 5) is 23.5. The number of aromatic carboxylic acids is 1. The van der Waals surface area contributed by atoms with Gasteiger partial charge in [-0.3, -0.25) is 4.79 Å². The van der Waals surface area contributed by atoms with Crippen LogP contribution in [0.4, 0.5) is 5.69 Å². The SMILES string of the molecule is Cc1ccc(C(=O)O)cc1-c1ccc(/C=C(/C#N)C(=O)Nc2ccc(Cl)cc2)o1. The van der Waals surface area contributed by atoms with Crippen molar-refractivity contribution in [3.63, 3.8) is 0 Å². The number of nitriles is 1. The zero-order chi connectivity index (χ0) is 21.0. The minimum atomic E-state index is -1.04. The molecule has 3 rings (SSSR count). The van der Waals surface area contributed by atoms with Crippen LogP contribution in [-0.4, -0.2) is 17.0 Å². The average Bonchev–Trinajstić information content (AvgIpc) is 3.16. The monoisotopic (exact) mass is 406 g/mol. The van der Waals surface area contributed by atoms with Crippen molar-refractivity contribution in [2.75, 3.05) is 5.32 Å². The van der Waals surface area contributed by atoms with Crippen LogP contribution in [0.15, 0.2) is 64.6 Å². The van der Waals surface area contributed by atoms with E-state index < -0.39 is 11.9 Å². The number of benzene rings is 2. The van der Waals surface area contributed by atoms with E-state index in [9.17, 15) is 20.0 Å². The van der Waals surface area contributed by atoms with E-state index in [0.29, 0.717) is 27.8 Å². The van der Waals surface area contributed by atoms with E-state index in [-0.39, 0.29) is 11.1 Å². The number of hydrogen-bond acceptors (Lipinski definition) is 4. The average molecular weight is 407 g/mol. The summed E-state index contributed by atoms with van der Waals surface area (Å²) in [7, 11) is 0. The summed E-state index contributed by atoms with van der Waals surface area (Å²) in [5.74, 6) is -0.893. The Kier molecular flexibility index (Phi) is 5.82. The Morgan fingerprint density at radius 1 is 1.14 bits per heavy atom. The molecule has 6 nitrogen and oxygen atoms in total. The quantitative estimate of drug-likeness (QED) is 0.450. The minimum Gasteiger partial charge on any atom is -0.478 e. The molecule has 0 aliphatic heterocycles. The summed E-state index contributed by atoms with van der Waals surface area (Å²) in [6.07, 6.45) is 1.32. The minimum absolute atomic E-state index is 0.138. The summed E-state index contributed by atoms with van der Waals surface area (Å²) >= 11 is 5.81. The van der Waals surface area contributed by atoms with Gasteiger partial charge in [-0.25, -0.2) is 4.79 Å². The molecule has 0 aliphatic carbocycles. The van der Waals surface area contributed by atoms with E-state index in [0.717, 1.165) is 5.56 Å². The van der Waals surface area contributed by atoms with Gasteiger partial charge in [-0.05, 0) is 61.0 Å². The second-order valence-corrected chi connectivity index (χ2v) is 6.60. The van der Waals surface area contributed by atoms with Crippen molar-refractivity contribution in [2.24, 2.45) is 0 Å². The smallest absolute Gasteiger partial charge is 0.335 e. The van der Waals surface area contributed by atoms with Gasteiger partial charge in [0.2, 0.25) is 0 Å². The third kappa shape index (κ3) is 4.72. The van der Waals surface area contributed by atoms with Gasteiger partial charge in [0.25, 0.3) is 5.91 Å². The summed E-state index contributed by atoms with van der Waals surface area (Å²) in [6, 6.07) is 16.3. The fourth-order valence-electron chi connectivity index (χ4n) is 2.62. The number of hydrogen-bond donors (Lipinski definition) is 2. The predicted molar refractivity (Wildman–Crippen MR) is 110 cm³/mol. The highest BCUT2D eigenvalue weighted by atomic mass is 35.5. The molecule has 0 radical (unpaired) electrons. The maximum Gasteiger partial charge on any atom is 0.335 e. The molecule has 1 aromatic heterocycles. The highest BCUT2D eigenvalue weighted by Crippen LogP contribution is 2.27. The molecule has 0 saturated heterocycles. The van der Waals surface area contributed by atoms with Crippen LogP contribution in [-0.2, 0) is 4.79 Å². The molecule has 2 aromatic carbocycles. The first kappa shape index (κ1) is 19.9. The molecule has 1 amide bonds. The lowest BCUT2D eigenvalue weighted by atomic mass is 10.0. The van der Waals surface area contributed by atoms with E-state index in [4.69, 9.17) is 16.0 Å². The Hall–Kier alpha value is -3.82. The van der Waals surface area contributed by atoms with Crippen molar-refractivity contribution >= 4 is 35.2 Å². The lowest BCUT2D eigenvalue weighted by Crippen LogP contribution is -2.13. The van der Waals surface area contributed by atoms with Crippen LogP contribution in [0, 0.1) is 18.3 Å². The lowest BCUT2D eigenvalue weighted by molar-refractivity contribution is -0.112. The van der Waals surface area contributed by atoms with Crippen LogP contribution in [0.25, 0.3) is 17.4 Å². The van der Waals surface area contributed by atoms with Crippen LogP contribution in [0.1, 0.15) is 21.7 Å². The Balaban J connectivity index is 1.85. The number of nitrogens with one attached hydrogen (secondary N) is 1. The zero-order valence-corrected chi connectivity index (χ0v) is 16.0. The van der Waals surface area contributed by atoms with Crippen molar-refractivity contribution in [1.29, 1.82) is 5.26 Å². The third-order valence-corrected chi connectivity index (χ3v) is 4.38. The number of amides is 1. The van der Waals surface area contributed by atoms with Crippen LogP contribution in [0.2, 0.25) is 5.02 Å². The fraction of sp³-hybridized carbons (Fsp3) is 0.0455. The number of carbonyl (C=O) groups excluding carboxylic acids is 1. The van der Waals surface area contributed by atoms with Gasteiger partial charge in [-0.2, -0.15) is 5.26 Å². The van der Waals surface area contributed by atoms with Gasteiger partial charge < -0.3 is 14.8 Å². The number of carboxylic acid groups (broad SMARTS) is 1. The molecule has 0 bridgehead atoms. The zero-order valence-electron chi connectivity index (χ0n) is 15.3. The molecule has 0 atom stereocenters. The Labute approximate surface area is 171 Å². The Bertz CT molecular complexity index is 1150. The number of rotatable bonds is 5. The molecule has 3 aromatic rings. The molecule has 0 spiro atoms. The van der Waals surface area contributed by atoms with Gasteiger partial charge >= 0.3 is 5.97 Å². The van der Waals surface area contributed by atoms with Crippen molar-refractivity contribution < 1.29 is 19.1 Å². The molecule has 29 heavy (non-hydrogen) atoms. The van der Waals surface area contributed by atoms with Crippen molar-refractivity contribution in [3.05, 3.63) is 82.1 Å². The molecule has 0 fully saturated rings. The molecule has 1 heterocycles. The number of aryl methyl sites for hydroxylation is 1. The van der Waals surface area contributed by atoms with Gasteiger partial charge in [0.1, 0.15) is 23.2 Å². The molecule has 0 unspecified atom stereocenters. The van der Waals surface area contributed by atoms with Crippen LogP contribution in [0.5, 0.6) is 0 Å². The predicted octanol–water partition coefficient (Wildman–Crippen LogP) is 5.15. The van der Waals surface area contributed by atoms with E-state index in [1.807, 2.05) is 13.0 Å². The van der Waals surface area contributed by atoms with Gasteiger partial charge in [-0.1, -0.05) is 17.7 Å². The third-order valence-electron chi connectivity index (χ3n) is 4.13. The summed E-state index contributed by atoms with van der Waals surface area (Å²) in [6.45, 7) is 1.83. The number of halogens is 1. The standard InChI is InChI=1S/C22H15ClN2O4/c1-13-2-3-14(22(27)28)11-19(13)20-9-8-18(29-20)10-15(12-24)21(26)25-17-6-4-16(23)5-7-17/h2-11H,1H3,(H,25,26)(H,27,28)/b15-10-. The molecular formula is C22H15ClN2O4. The second-order valence-electron chi connectivity index (χ2n) is 6.17. The number of carbonyl (C=O) groups is 2. The first-order valence-electron chi connectivity index (χ1n) is 8.50. The van der Waals surface area contributed by atoms with Crippen LogP contribution >= 0.6 is 11.6 Å². The molecule has 2 N–H and O–H groups in total. The number of anilines is 1. The highest BCUT2D eigenvalue weighted by Gasteiger charge is 2.14. The van der Waals surface area contributed by atoms with E-state index in [2.05, 4.69) is 5.32 Å². The van der Waals surface area contributed by atoms with Crippen molar-refractivity contribution in [3.8, 4) is 17.4 Å². The number of carboxylic acids is 1. The van der Waals surface area contributed by atoms with E-state index >= 15 is 0 Å². The highest BCUT2D eigenvalue weighted by molar-refractivity contribution is 6.30. The normalized spacial score (nSPS) is 11.0. The van der Waals surface area contributed by atoms with Gasteiger partial charge in [-0.15, -0.1) is 0 Å². The second kappa shape index (κ2) is 8.46. The van der Waals surface area contributed by atoms with Gasteiger partial charge in [0, 0.05) is 22.3 Å². The Morgan fingerprint density at radius 2 is 1.86 bits per heavy atom. The topological polar surface area (TPSA) is 103 Å². The first-order chi connectivity index (χ1) is 13.9. The molecule has 0 saturated carbocycles.